The van der Waals surface area contributed by atoms with Crippen molar-refractivity contribution < 1.29 is 13.5 Å². The van der Waals surface area contributed by atoms with Gasteiger partial charge in [-0.2, -0.15) is 11.8 Å². The van der Waals surface area contributed by atoms with Crippen LogP contribution in [0.15, 0.2) is 23.1 Å². The minimum absolute atomic E-state index is 0.0435. The fourth-order valence-corrected chi connectivity index (χ4v) is 2.68. The van der Waals surface area contributed by atoms with Crippen molar-refractivity contribution in [3.63, 3.8) is 0 Å². The normalized spacial score (nSPS) is 12.6. The van der Waals surface area contributed by atoms with E-state index < -0.39 is 10.0 Å². The van der Waals surface area contributed by atoms with E-state index in [1.54, 1.807) is 11.8 Å². The second kappa shape index (κ2) is 5.38. The molecule has 0 saturated heterocycles. The van der Waals surface area contributed by atoms with Crippen molar-refractivity contribution in [2.75, 3.05) is 18.5 Å². The molecule has 0 saturated carbocycles. The van der Waals surface area contributed by atoms with E-state index in [0.29, 0.717) is 6.54 Å². The first-order valence-electron chi connectivity index (χ1n) is 5.31. The zero-order valence-electron chi connectivity index (χ0n) is 10.6. The van der Waals surface area contributed by atoms with Gasteiger partial charge in [0.25, 0.3) is 0 Å². The second-order valence-corrected chi connectivity index (χ2v) is 7.79. The number of thioether (sulfide) groups is 1. The predicted octanol–water partition coefficient (Wildman–Crippen LogP) is 1.39. The third kappa shape index (κ3) is 3.79. The van der Waals surface area contributed by atoms with Gasteiger partial charge >= 0.3 is 0 Å². The van der Waals surface area contributed by atoms with Crippen LogP contribution >= 0.6 is 11.8 Å². The van der Waals surface area contributed by atoms with Gasteiger partial charge in [-0.05, 0) is 38.3 Å². The van der Waals surface area contributed by atoms with Crippen LogP contribution in [0.2, 0.25) is 0 Å². The summed E-state index contributed by atoms with van der Waals surface area (Å²) < 4.78 is 26.3. The first-order valence-corrected chi connectivity index (χ1v) is 8.02. The molecule has 0 bridgehead atoms. The van der Waals surface area contributed by atoms with Crippen LogP contribution < -0.4 is 10.5 Å². The Hall–Kier alpha value is -0.920. The molecule has 0 unspecified atom stereocenters. The number of hydrogen-bond donors (Lipinski definition) is 3. The maximum Gasteiger partial charge on any atom is 0.240 e. The van der Waals surface area contributed by atoms with Gasteiger partial charge in [0.1, 0.15) is 5.75 Å². The number of aromatic hydroxyl groups is 1. The van der Waals surface area contributed by atoms with E-state index in [1.165, 1.54) is 18.2 Å². The summed E-state index contributed by atoms with van der Waals surface area (Å²) in [7, 11) is -3.60. The molecule has 5 nitrogen and oxygen atoms in total. The highest BCUT2D eigenvalue weighted by atomic mass is 32.2. The lowest BCUT2D eigenvalue weighted by Crippen LogP contribution is -2.36. The molecule has 1 aromatic carbocycles. The zero-order chi connectivity index (χ0) is 14.0. The zero-order valence-corrected chi connectivity index (χ0v) is 12.2. The third-order valence-corrected chi connectivity index (χ3v) is 5.20. The van der Waals surface area contributed by atoms with Gasteiger partial charge in [0.2, 0.25) is 10.0 Å². The number of hydrogen-bond acceptors (Lipinski definition) is 5. The van der Waals surface area contributed by atoms with Crippen LogP contribution in [0, 0.1) is 0 Å². The monoisotopic (exact) mass is 290 g/mol. The highest BCUT2D eigenvalue weighted by Gasteiger charge is 2.21. The lowest BCUT2D eigenvalue weighted by atomic mass is 10.2. The van der Waals surface area contributed by atoms with E-state index in [0.717, 1.165) is 0 Å². The van der Waals surface area contributed by atoms with Gasteiger partial charge in [-0.3, -0.25) is 0 Å². The van der Waals surface area contributed by atoms with Gasteiger partial charge in [0.15, 0.2) is 0 Å². The lowest BCUT2D eigenvalue weighted by Gasteiger charge is -2.22. The standard InChI is InChI=1S/C11H18N2O3S2/c1-11(2,17-3)7-13-18(15,16)8-4-5-10(14)9(12)6-8/h4-6,13-14H,7,12H2,1-3H3. The summed E-state index contributed by atoms with van der Waals surface area (Å²) >= 11 is 1.58. The molecule has 18 heavy (non-hydrogen) atoms. The first kappa shape index (κ1) is 15.1. The maximum absolute atomic E-state index is 12.0. The average Bonchev–Trinajstić information content (AvgIpc) is 2.30. The molecule has 0 spiro atoms. The Kier molecular flexibility index (Phi) is 4.52. The first-order chi connectivity index (χ1) is 8.18. The molecule has 0 atom stereocenters. The van der Waals surface area contributed by atoms with Gasteiger partial charge in [0.05, 0.1) is 10.6 Å². The highest BCUT2D eigenvalue weighted by Crippen LogP contribution is 2.24. The summed E-state index contributed by atoms with van der Waals surface area (Å²) in [6.07, 6.45) is 1.92. The number of anilines is 1. The minimum atomic E-state index is -3.60. The van der Waals surface area contributed by atoms with Crippen molar-refractivity contribution in [3.05, 3.63) is 18.2 Å². The van der Waals surface area contributed by atoms with E-state index in [4.69, 9.17) is 5.73 Å². The Balaban J connectivity index is 2.90. The topological polar surface area (TPSA) is 92.4 Å². The van der Waals surface area contributed by atoms with Gasteiger partial charge in [-0.15, -0.1) is 0 Å². The van der Waals surface area contributed by atoms with Crippen molar-refractivity contribution in [2.24, 2.45) is 0 Å². The number of sulfonamides is 1. The second-order valence-electron chi connectivity index (χ2n) is 4.51. The van der Waals surface area contributed by atoms with E-state index in [1.807, 2.05) is 20.1 Å². The maximum atomic E-state index is 12.0. The molecule has 102 valence electrons. The summed E-state index contributed by atoms with van der Waals surface area (Å²) in [6, 6.07) is 3.83. The fourth-order valence-electron chi connectivity index (χ4n) is 1.12. The van der Waals surface area contributed by atoms with E-state index >= 15 is 0 Å². The van der Waals surface area contributed by atoms with Gasteiger partial charge in [0, 0.05) is 11.3 Å². The Morgan fingerprint density at radius 1 is 1.44 bits per heavy atom. The molecule has 0 aliphatic carbocycles. The lowest BCUT2D eigenvalue weighted by molar-refractivity contribution is 0.477. The molecule has 7 heteroatoms. The summed E-state index contributed by atoms with van der Waals surface area (Å²) in [6.45, 7) is 4.22. The summed E-state index contributed by atoms with van der Waals surface area (Å²) in [5.74, 6) is -0.126. The van der Waals surface area contributed by atoms with Gasteiger partial charge in [-0.25, -0.2) is 13.1 Å². The van der Waals surface area contributed by atoms with Crippen LogP contribution in [-0.4, -0.2) is 31.1 Å². The van der Waals surface area contributed by atoms with Crippen molar-refractivity contribution in [2.45, 2.75) is 23.5 Å². The average molecular weight is 290 g/mol. The number of rotatable bonds is 5. The van der Waals surface area contributed by atoms with E-state index in [9.17, 15) is 13.5 Å². The molecule has 0 heterocycles. The summed E-state index contributed by atoms with van der Waals surface area (Å²) in [4.78, 5) is 0.0507. The molecule has 0 aliphatic rings. The molecule has 1 aromatic rings. The van der Waals surface area contributed by atoms with Gasteiger partial charge < -0.3 is 10.8 Å². The number of phenols is 1. The number of nitrogen functional groups attached to an aromatic ring is 1. The largest absolute Gasteiger partial charge is 0.506 e. The van der Waals surface area contributed by atoms with Crippen LogP contribution in [0.1, 0.15) is 13.8 Å². The molecule has 4 N–H and O–H groups in total. The molecule has 0 radical (unpaired) electrons. The molecule has 0 fully saturated rings. The van der Waals surface area contributed by atoms with Crippen molar-refractivity contribution >= 4 is 27.5 Å². The number of nitrogens with one attached hydrogen (secondary N) is 1. The van der Waals surface area contributed by atoms with Crippen molar-refractivity contribution in [3.8, 4) is 5.75 Å². The highest BCUT2D eigenvalue weighted by molar-refractivity contribution is 8.00. The molecule has 0 aromatic heterocycles. The Bertz CT molecular complexity index is 527. The van der Waals surface area contributed by atoms with Crippen LogP contribution in [0.25, 0.3) is 0 Å². The third-order valence-electron chi connectivity index (χ3n) is 2.55. The SMILES string of the molecule is CSC(C)(C)CNS(=O)(=O)c1ccc(O)c(N)c1. The predicted molar refractivity (Wildman–Crippen MR) is 75.3 cm³/mol. The molecular weight excluding hydrogens is 272 g/mol. The quantitative estimate of drug-likeness (QED) is 0.563. The van der Waals surface area contributed by atoms with Crippen LogP contribution in [0.5, 0.6) is 5.75 Å². The van der Waals surface area contributed by atoms with Crippen LogP contribution in [0.3, 0.4) is 0 Å². The molecule has 0 aliphatic heterocycles. The molecule has 0 amide bonds. The van der Waals surface area contributed by atoms with Crippen LogP contribution in [-0.2, 0) is 10.0 Å². The number of nitrogens with two attached hydrogens (primary N) is 1. The van der Waals surface area contributed by atoms with Crippen molar-refractivity contribution in [1.29, 1.82) is 0 Å². The number of benzene rings is 1. The van der Waals surface area contributed by atoms with Gasteiger partial charge in [-0.1, -0.05) is 0 Å². The fraction of sp³-hybridized carbons (Fsp3) is 0.455. The minimum Gasteiger partial charge on any atom is -0.506 e. The Labute approximate surface area is 112 Å². The Morgan fingerprint density at radius 2 is 2.06 bits per heavy atom. The smallest absolute Gasteiger partial charge is 0.240 e. The summed E-state index contributed by atoms with van der Waals surface area (Å²) in [5, 5.41) is 9.26. The van der Waals surface area contributed by atoms with Crippen LogP contribution in [0.4, 0.5) is 5.69 Å². The summed E-state index contributed by atoms with van der Waals surface area (Å²) in [5.41, 5.74) is 5.52. The number of phenolic OH excluding ortho intramolecular Hbond substituents is 1. The Morgan fingerprint density at radius 3 is 2.56 bits per heavy atom. The van der Waals surface area contributed by atoms with E-state index in [-0.39, 0.29) is 21.1 Å². The van der Waals surface area contributed by atoms with Crippen molar-refractivity contribution in [1.82, 2.24) is 4.72 Å². The molecular formula is C11H18N2O3S2. The van der Waals surface area contributed by atoms with E-state index in [2.05, 4.69) is 4.72 Å². The molecule has 1 rings (SSSR count).